The van der Waals surface area contributed by atoms with E-state index in [0.717, 1.165) is 17.2 Å². The molecule has 0 bridgehead atoms. The van der Waals surface area contributed by atoms with Crippen molar-refractivity contribution >= 4 is 33.4 Å². The van der Waals surface area contributed by atoms with Crippen LogP contribution >= 0.6 is 0 Å². The number of hydrogen-bond acceptors (Lipinski definition) is 10. The summed E-state index contributed by atoms with van der Waals surface area (Å²) in [5.74, 6) is -1.01. The zero-order chi connectivity index (χ0) is 31.0. The number of nitrogens with one attached hydrogen (secondary N) is 3. The van der Waals surface area contributed by atoms with Gasteiger partial charge in [0.15, 0.2) is 5.82 Å². The highest BCUT2D eigenvalue weighted by Gasteiger charge is 2.43. The van der Waals surface area contributed by atoms with Gasteiger partial charge >= 0.3 is 6.18 Å². The van der Waals surface area contributed by atoms with Crippen LogP contribution in [0.3, 0.4) is 0 Å². The molecule has 1 atom stereocenters. The number of benzene rings is 1. The molecule has 11 nitrogen and oxygen atoms in total. The molecule has 0 fully saturated rings. The van der Waals surface area contributed by atoms with E-state index in [9.17, 15) is 26.4 Å². The molecular weight excluding hydrogens is 575 g/mol. The second kappa shape index (κ2) is 11.6. The lowest BCUT2D eigenvalue weighted by Gasteiger charge is -2.25. The number of carbonyl (C=O) groups excluding carboxylic acids is 1. The lowest BCUT2D eigenvalue weighted by atomic mass is 10.1. The first-order valence-corrected chi connectivity index (χ1v) is 14.3. The Morgan fingerprint density at radius 2 is 1.74 bits per heavy atom. The Bertz CT molecular complexity index is 1640. The zero-order valence-corrected chi connectivity index (χ0v) is 24.5. The van der Waals surface area contributed by atoms with Crippen molar-refractivity contribution in [1.29, 1.82) is 0 Å². The maximum absolute atomic E-state index is 13.6. The minimum atomic E-state index is -4.57. The van der Waals surface area contributed by atoms with Crippen molar-refractivity contribution in [3.05, 3.63) is 65.1 Å². The van der Waals surface area contributed by atoms with E-state index in [1.54, 1.807) is 0 Å². The van der Waals surface area contributed by atoms with Crippen LogP contribution in [0, 0.1) is 13.8 Å². The van der Waals surface area contributed by atoms with E-state index in [0.29, 0.717) is 5.69 Å². The lowest BCUT2D eigenvalue weighted by molar-refractivity contribution is -0.142. The summed E-state index contributed by atoms with van der Waals surface area (Å²) in [6.07, 6.45) is -0.857. The van der Waals surface area contributed by atoms with Crippen LogP contribution in [0.25, 0.3) is 11.1 Å². The monoisotopic (exact) mass is 605 g/mol. The normalized spacial score (nSPS) is 15.5. The van der Waals surface area contributed by atoms with E-state index in [2.05, 4.69) is 25.7 Å². The molecule has 1 aromatic carbocycles. The first kappa shape index (κ1) is 30.7. The lowest BCUT2D eigenvalue weighted by Crippen LogP contribution is -2.45. The van der Waals surface area contributed by atoms with E-state index in [4.69, 9.17) is 4.74 Å². The standard InChI is InChI=1S/C27H30F3N7O4S/c1-14(2)42(39,40)36-24(38)20-11-18(12-31-25(20)41-6)21-13-32-26(33-19-8-15(3)7-16(4)9-19)34-23(21)37-17(5)10-22(35-37)27(28,29)30/h7-14,22,35H,1-6H3,(H,36,38)(H,32,33,34). The van der Waals surface area contributed by atoms with Crippen molar-refractivity contribution in [1.82, 2.24) is 25.1 Å². The third-order valence-electron chi connectivity index (χ3n) is 6.30. The van der Waals surface area contributed by atoms with Crippen molar-refractivity contribution in [2.75, 3.05) is 17.4 Å². The first-order chi connectivity index (χ1) is 19.6. The summed E-state index contributed by atoms with van der Waals surface area (Å²) >= 11 is 0. The molecule has 3 heterocycles. The molecule has 1 aliphatic heterocycles. The quantitative estimate of drug-likeness (QED) is 0.336. The summed E-state index contributed by atoms with van der Waals surface area (Å²) in [5, 5.41) is 3.37. The smallest absolute Gasteiger partial charge is 0.409 e. The average molecular weight is 606 g/mol. The van der Waals surface area contributed by atoms with Gasteiger partial charge in [0, 0.05) is 34.9 Å². The first-order valence-electron chi connectivity index (χ1n) is 12.7. The Morgan fingerprint density at radius 1 is 1.07 bits per heavy atom. The Hall–Kier alpha value is -4.24. The van der Waals surface area contributed by atoms with E-state index < -0.39 is 33.4 Å². The molecule has 1 aliphatic rings. The summed E-state index contributed by atoms with van der Waals surface area (Å²) in [5.41, 5.74) is 5.50. The second-order valence-corrected chi connectivity index (χ2v) is 12.3. The van der Waals surface area contributed by atoms with Gasteiger partial charge in [-0.15, -0.1) is 0 Å². The fourth-order valence-electron chi connectivity index (χ4n) is 4.20. The third-order valence-corrected chi connectivity index (χ3v) is 8.01. The minimum Gasteiger partial charge on any atom is -0.480 e. The van der Waals surface area contributed by atoms with Crippen molar-refractivity contribution in [3.8, 4) is 17.0 Å². The molecule has 0 radical (unpaired) electrons. The second-order valence-electron chi connectivity index (χ2n) is 10.0. The Morgan fingerprint density at radius 3 is 2.31 bits per heavy atom. The Labute approximate surface area is 241 Å². The van der Waals surface area contributed by atoms with Gasteiger partial charge in [0.2, 0.25) is 21.9 Å². The maximum atomic E-state index is 13.6. The number of sulfonamides is 1. The summed E-state index contributed by atoms with van der Waals surface area (Å²) in [7, 11) is -2.73. The molecule has 42 heavy (non-hydrogen) atoms. The number of allylic oxidation sites excluding steroid dienone is 1. The van der Waals surface area contributed by atoms with Crippen molar-refractivity contribution < 1.29 is 31.1 Å². The molecule has 224 valence electrons. The van der Waals surface area contributed by atoms with Gasteiger partial charge in [0.1, 0.15) is 11.6 Å². The van der Waals surface area contributed by atoms with Gasteiger partial charge in [0.05, 0.1) is 12.4 Å². The number of aryl methyl sites for hydroxylation is 2. The summed E-state index contributed by atoms with van der Waals surface area (Å²) in [6.45, 7) is 8.15. The highest BCUT2D eigenvalue weighted by Crippen LogP contribution is 2.36. The van der Waals surface area contributed by atoms with Gasteiger partial charge in [0.25, 0.3) is 5.91 Å². The summed E-state index contributed by atoms with van der Waals surface area (Å²) in [4.78, 5) is 26.0. The third kappa shape index (κ3) is 6.62. The fraction of sp³-hybridized carbons (Fsp3) is 0.333. The number of rotatable bonds is 8. The predicted octanol–water partition coefficient (Wildman–Crippen LogP) is 4.53. The molecule has 3 N–H and O–H groups in total. The molecule has 0 spiro atoms. The van der Waals surface area contributed by atoms with Crippen LogP contribution in [0.2, 0.25) is 0 Å². The molecule has 0 saturated carbocycles. The van der Waals surface area contributed by atoms with Crippen molar-refractivity contribution in [3.63, 3.8) is 0 Å². The number of hydrazine groups is 1. The molecule has 4 rings (SSSR count). The van der Waals surface area contributed by atoms with Crippen LogP contribution in [0.1, 0.15) is 42.3 Å². The van der Waals surface area contributed by atoms with Crippen LogP contribution in [0.15, 0.2) is 48.4 Å². The number of ether oxygens (including phenoxy) is 1. The molecule has 15 heteroatoms. The van der Waals surface area contributed by atoms with Crippen molar-refractivity contribution in [2.24, 2.45) is 0 Å². The fourth-order valence-corrected chi connectivity index (χ4v) is 4.80. The molecule has 2 aromatic heterocycles. The number of methoxy groups -OCH3 is 1. The number of pyridine rings is 1. The number of nitrogens with zero attached hydrogens (tertiary/aromatic N) is 4. The van der Waals surface area contributed by atoms with Gasteiger partial charge in [-0.1, -0.05) is 6.07 Å². The highest BCUT2D eigenvalue weighted by atomic mass is 32.2. The summed E-state index contributed by atoms with van der Waals surface area (Å²) < 4.78 is 72.7. The van der Waals surface area contributed by atoms with E-state index in [-0.39, 0.29) is 40.0 Å². The van der Waals surface area contributed by atoms with Gasteiger partial charge in [-0.3, -0.25) is 9.80 Å². The maximum Gasteiger partial charge on any atom is 0.409 e. The predicted molar refractivity (Wildman–Crippen MR) is 152 cm³/mol. The highest BCUT2D eigenvalue weighted by molar-refractivity contribution is 7.90. The zero-order valence-electron chi connectivity index (χ0n) is 23.7. The average Bonchev–Trinajstić information content (AvgIpc) is 3.29. The van der Waals surface area contributed by atoms with Gasteiger partial charge in [-0.05, 0) is 70.0 Å². The van der Waals surface area contributed by atoms with E-state index >= 15 is 0 Å². The van der Waals surface area contributed by atoms with Crippen LogP contribution < -0.4 is 25.2 Å². The summed E-state index contributed by atoms with van der Waals surface area (Å²) in [6, 6.07) is 5.06. The number of carbonyl (C=O) groups is 1. The molecule has 0 saturated heterocycles. The van der Waals surface area contributed by atoms with Crippen LogP contribution in [-0.2, 0) is 10.0 Å². The number of alkyl halides is 3. The van der Waals surface area contributed by atoms with Crippen LogP contribution in [-0.4, -0.2) is 53.9 Å². The molecule has 1 amide bonds. The molecule has 1 unspecified atom stereocenters. The Balaban J connectivity index is 1.82. The molecule has 3 aromatic rings. The van der Waals surface area contributed by atoms with E-state index in [1.165, 1.54) is 51.3 Å². The topological polar surface area (TPSA) is 138 Å². The Kier molecular flexibility index (Phi) is 8.46. The van der Waals surface area contributed by atoms with Crippen molar-refractivity contribution in [2.45, 2.75) is 52.1 Å². The number of halogens is 3. The minimum absolute atomic E-state index is 0.0329. The number of hydrogen-bond donors (Lipinski definition) is 3. The number of aromatic nitrogens is 3. The van der Waals surface area contributed by atoms with Crippen LogP contribution in [0.5, 0.6) is 5.88 Å². The number of anilines is 3. The van der Waals surface area contributed by atoms with Gasteiger partial charge < -0.3 is 10.1 Å². The molecule has 0 aliphatic carbocycles. The molecular formula is C27H30F3N7O4S. The van der Waals surface area contributed by atoms with E-state index in [1.807, 2.05) is 36.8 Å². The van der Waals surface area contributed by atoms with Gasteiger partial charge in [-0.2, -0.15) is 18.2 Å². The van der Waals surface area contributed by atoms with Crippen LogP contribution in [0.4, 0.5) is 30.6 Å². The largest absolute Gasteiger partial charge is 0.480 e. The SMILES string of the molecule is COc1ncc(-c2cnc(Nc3cc(C)cc(C)c3)nc2N2NC(C(F)(F)F)C=C2C)cc1C(=O)NS(=O)(=O)C(C)C. The number of amides is 1. The van der Waals surface area contributed by atoms with Gasteiger partial charge in [-0.25, -0.2) is 28.5 Å².